The summed E-state index contributed by atoms with van der Waals surface area (Å²) in [5.74, 6) is 0.127. The summed E-state index contributed by atoms with van der Waals surface area (Å²) < 4.78 is 0. The van der Waals surface area contributed by atoms with Gasteiger partial charge in [-0.3, -0.25) is 5.32 Å². The zero-order valence-electron chi connectivity index (χ0n) is 11.0. The summed E-state index contributed by atoms with van der Waals surface area (Å²) in [4.78, 5) is 0. The highest BCUT2D eigenvalue weighted by molar-refractivity contribution is 5.44. The quantitative estimate of drug-likeness (QED) is 0.626. The average Bonchev–Trinajstić information content (AvgIpc) is 2.59. The van der Waals surface area contributed by atoms with Crippen molar-refractivity contribution in [2.24, 2.45) is 0 Å². The maximum atomic E-state index is 11.1. The van der Waals surface area contributed by atoms with Gasteiger partial charge >= 0.3 is 0 Å². The van der Waals surface area contributed by atoms with Gasteiger partial charge in [-0.2, -0.15) is 0 Å². The smallest absolute Gasteiger partial charge is 0.154 e. The Hall–Kier alpha value is -1.88. The third-order valence-corrected chi connectivity index (χ3v) is 3.86. The van der Waals surface area contributed by atoms with Gasteiger partial charge in [0.15, 0.2) is 5.60 Å². The second-order valence-corrected chi connectivity index (χ2v) is 5.08. The molecule has 2 aromatic carbocycles. The lowest BCUT2D eigenvalue weighted by Gasteiger charge is -2.33. The summed E-state index contributed by atoms with van der Waals surface area (Å²) in [5.41, 5.74) is 0.723. The fourth-order valence-electron chi connectivity index (χ4n) is 2.78. The van der Waals surface area contributed by atoms with Crippen molar-refractivity contribution >= 4 is 0 Å². The first-order valence-corrected chi connectivity index (χ1v) is 6.64. The molecule has 0 saturated carbocycles. The number of hydrogen-bond donors (Lipinski definition) is 4. The van der Waals surface area contributed by atoms with Gasteiger partial charge in [0.2, 0.25) is 0 Å². The lowest BCUT2D eigenvalue weighted by Crippen LogP contribution is -2.48. The lowest BCUT2D eigenvalue weighted by molar-refractivity contribution is -0.0638. The number of phenolic OH excluding ortho intramolecular Hbond substituents is 1. The Morgan fingerprint density at radius 3 is 2.50 bits per heavy atom. The molecule has 20 heavy (non-hydrogen) atoms. The van der Waals surface area contributed by atoms with Crippen molar-refractivity contribution in [1.29, 1.82) is 0 Å². The highest BCUT2D eigenvalue weighted by Gasteiger charge is 2.42. The zero-order chi connectivity index (χ0) is 14.2. The molecule has 0 spiro atoms. The van der Waals surface area contributed by atoms with Gasteiger partial charge < -0.3 is 15.3 Å². The van der Waals surface area contributed by atoms with Crippen LogP contribution < -0.4 is 5.32 Å². The first-order valence-electron chi connectivity index (χ1n) is 6.64. The molecule has 0 fully saturated rings. The number of fused-ring (bicyclic) bond motifs is 1. The van der Waals surface area contributed by atoms with Crippen LogP contribution in [0.5, 0.6) is 5.75 Å². The number of nitrogens with one attached hydrogen (secondary N) is 1. The SMILES string of the molecule is Oc1ccc(C2(O)c3ccccc3CCNC2O)cc1. The van der Waals surface area contributed by atoms with Crippen LogP contribution in [0.15, 0.2) is 48.5 Å². The summed E-state index contributed by atoms with van der Waals surface area (Å²) in [7, 11) is 0. The molecule has 2 unspecified atom stereocenters. The van der Waals surface area contributed by atoms with Gasteiger partial charge in [0.05, 0.1) is 0 Å². The van der Waals surface area contributed by atoms with Crippen molar-refractivity contribution in [3.8, 4) is 5.75 Å². The number of phenols is 1. The molecule has 0 aliphatic carbocycles. The molecule has 0 aromatic heterocycles. The largest absolute Gasteiger partial charge is 0.508 e. The van der Waals surface area contributed by atoms with Crippen LogP contribution in [-0.4, -0.2) is 28.1 Å². The second kappa shape index (κ2) is 4.90. The van der Waals surface area contributed by atoms with E-state index in [0.717, 1.165) is 12.0 Å². The number of aliphatic hydroxyl groups is 2. The van der Waals surface area contributed by atoms with E-state index in [-0.39, 0.29) is 5.75 Å². The minimum absolute atomic E-state index is 0.127. The minimum atomic E-state index is -1.53. The number of rotatable bonds is 1. The summed E-state index contributed by atoms with van der Waals surface area (Å²) >= 11 is 0. The highest BCUT2D eigenvalue weighted by atomic mass is 16.4. The molecule has 2 aromatic rings. The van der Waals surface area contributed by atoms with Crippen molar-refractivity contribution in [1.82, 2.24) is 5.32 Å². The molecule has 1 aliphatic heterocycles. The standard InChI is InChI=1S/C16H17NO3/c18-13-7-5-12(6-8-13)16(20)14-4-2-1-3-11(14)9-10-17-15(16)19/h1-8,15,17-20H,9-10H2. The van der Waals surface area contributed by atoms with Gasteiger partial charge in [0.25, 0.3) is 0 Å². The second-order valence-electron chi connectivity index (χ2n) is 5.08. The fraction of sp³-hybridized carbons (Fsp3) is 0.250. The van der Waals surface area contributed by atoms with E-state index in [2.05, 4.69) is 5.32 Å². The molecule has 0 bridgehead atoms. The Kier molecular flexibility index (Phi) is 3.22. The molecule has 4 heteroatoms. The molecule has 104 valence electrons. The third-order valence-electron chi connectivity index (χ3n) is 3.86. The maximum absolute atomic E-state index is 11.1. The molecule has 1 aliphatic rings. The molecular weight excluding hydrogens is 254 g/mol. The molecule has 0 saturated heterocycles. The van der Waals surface area contributed by atoms with Crippen LogP contribution in [0.3, 0.4) is 0 Å². The molecule has 4 nitrogen and oxygen atoms in total. The highest BCUT2D eigenvalue weighted by Crippen LogP contribution is 2.36. The Morgan fingerprint density at radius 1 is 1.05 bits per heavy atom. The molecule has 3 rings (SSSR count). The number of benzene rings is 2. The normalized spacial score (nSPS) is 25.8. The molecular formula is C16H17NO3. The maximum Gasteiger partial charge on any atom is 0.154 e. The van der Waals surface area contributed by atoms with Crippen LogP contribution in [0.1, 0.15) is 16.7 Å². The average molecular weight is 271 g/mol. The van der Waals surface area contributed by atoms with Crippen LogP contribution in [-0.2, 0) is 12.0 Å². The molecule has 2 atom stereocenters. The van der Waals surface area contributed by atoms with Crippen LogP contribution >= 0.6 is 0 Å². The van der Waals surface area contributed by atoms with E-state index in [9.17, 15) is 15.3 Å². The number of aliphatic hydroxyl groups excluding tert-OH is 1. The Bertz CT molecular complexity index is 611. The first kappa shape index (κ1) is 13.1. The molecule has 0 amide bonds. The lowest BCUT2D eigenvalue weighted by atomic mass is 9.82. The van der Waals surface area contributed by atoms with Gasteiger partial charge in [-0.1, -0.05) is 36.4 Å². The van der Waals surface area contributed by atoms with Gasteiger partial charge in [0.1, 0.15) is 12.0 Å². The van der Waals surface area contributed by atoms with E-state index >= 15 is 0 Å². The number of aromatic hydroxyl groups is 1. The van der Waals surface area contributed by atoms with E-state index in [1.165, 1.54) is 12.1 Å². The van der Waals surface area contributed by atoms with E-state index in [1.807, 2.05) is 24.3 Å². The van der Waals surface area contributed by atoms with Crippen LogP contribution in [0.4, 0.5) is 0 Å². The molecule has 0 radical (unpaired) electrons. The minimum Gasteiger partial charge on any atom is -0.508 e. The zero-order valence-corrected chi connectivity index (χ0v) is 11.0. The van der Waals surface area contributed by atoms with Gasteiger partial charge in [-0.15, -0.1) is 0 Å². The fourth-order valence-corrected chi connectivity index (χ4v) is 2.78. The van der Waals surface area contributed by atoms with Crippen LogP contribution in [0.2, 0.25) is 0 Å². The van der Waals surface area contributed by atoms with E-state index in [1.54, 1.807) is 12.1 Å². The number of hydrogen-bond acceptors (Lipinski definition) is 4. The Morgan fingerprint density at radius 2 is 1.75 bits per heavy atom. The van der Waals surface area contributed by atoms with Crippen molar-refractivity contribution in [2.45, 2.75) is 18.2 Å². The van der Waals surface area contributed by atoms with Crippen molar-refractivity contribution in [2.75, 3.05) is 6.54 Å². The van der Waals surface area contributed by atoms with E-state index in [0.29, 0.717) is 17.7 Å². The van der Waals surface area contributed by atoms with E-state index < -0.39 is 11.8 Å². The predicted molar refractivity (Wildman–Crippen MR) is 75.3 cm³/mol. The van der Waals surface area contributed by atoms with Crippen LogP contribution in [0, 0.1) is 0 Å². The van der Waals surface area contributed by atoms with Gasteiger partial charge in [0, 0.05) is 6.54 Å². The summed E-state index contributed by atoms with van der Waals surface area (Å²) in [6.07, 6.45) is -0.358. The van der Waals surface area contributed by atoms with Crippen LogP contribution in [0.25, 0.3) is 0 Å². The van der Waals surface area contributed by atoms with Crippen molar-refractivity contribution in [3.05, 3.63) is 65.2 Å². The summed E-state index contributed by atoms with van der Waals surface area (Å²) in [5, 5.41) is 33.8. The van der Waals surface area contributed by atoms with Gasteiger partial charge in [-0.25, -0.2) is 0 Å². The van der Waals surface area contributed by atoms with Crippen molar-refractivity contribution < 1.29 is 15.3 Å². The summed E-state index contributed by atoms with van der Waals surface area (Å²) in [6, 6.07) is 13.8. The monoisotopic (exact) mass is 271 g/mol. The summed E-state index contributed by atoms with van der Waals surface area (Å²) in [6.45, 7) is 0.596. The van der Waals surface area contributed by atoms with E-state index in [4.69, 9.17) is 0 Å². The molecule has 1 heterocycles. The molecule has 4 N–H and O–H groups in total. The topological polar surface area (TPSA) is 72.7 Å². The van der Waals surface area contributed by atoms with Gasteiger partial charge in [-0.05, 0) is 35.2 Å². The predicted octanol–water partition coefficient (Wildman–Crippen LogP) is 1.09. The van der Waals surface area contributed by atoms with Crippen molar-refractivity contribution in [3.63, 3.8) is 0 Å². The first-order chi connectivity index (χ1) is 9.62. The Balaban J connectivity index is 2.20. The Labute approximate surface area is 117 Å². The third kappa shape index (κ3) is 1.98.